The predicted molar refractivity (Wildman–Crippen MR) is 84.8 cm³/mol. The maximum Gasteiger partial charge on any atom is 0.0648 e. The minimum Gasteiger partial charge on any atom is -0.374 e. The highest BCUT2D eigenvalue weighted by Gasteiger charge is 2.94. The summed E-state index contributed by atoms with van der Waals surface area (Å²) in [5.41, 5.74) is 1.38. The standard InChI is InChI=1S/C22H26O2/c1-3-9-13-7(1)17-15-16-18(22(19(13)15)6-12(22)23-9)8-2-4-10-14(8)20(16)21(17)5-11(21)24-10/h7-20H,1-6H2. The van der Waals surface area contributed by atoms with Gasteiger partial charge in [-0.05, 0) is 97.7 Å². The first-order valence-electron chi connectivity index (χ1n) is 11.2. The van der Waals surface area contributed by atoms with Crippen molar-refractivity contribution in [1.82, 2.24) is 0 Å². The Hall–Kier alpha value is -0.0800. The molecule has 0 aromatic rings. The first-order valence-corrected chi connectivity index (χ1v) is 11.2. The van der Waals surface area contributed by atoms with Crippen molar-refractivity contribution in [2.75, 3.05) is 0 Å². The zero-order chi connectivity index (χ0) is 14.7. The fraction of sp³-hybridized carbons (Fsp3) is 1.00. The molecule has 24 heavy (non-hydrogen) atoms. The van der Waals surface area contributed by atoms with Crippen LogP contribution in [-0.4, -0.2) is 24.4 Å². The number of hydrogen-bond acceptors (Lipinski definition) is 2. The molecule has 0 radical (unpaired) electrons. The van der Waals surface area contributed by atoms with Crippen LogP contribution in [0.25, 0.3) is 0 Å². The van der Waals surface area contributed by atoms with E-state index >= 15 is 0 Å². The second-order valence-electron chi connectivity index (χ2n) is 11.9. The summed E-state index contributed by atoms with van der Waals surface area (Å²) < 4.78 is 13.6. The van der Waals surface area contributed by atoms with Crippen molar-refractivity contribution in [3.05, 3.63) is 0 Å². The maximum absolute atomic E-state index is 6.80. The number of ether oxygens (including phenoxy) is 2. The third kappa shape index (κ3) is 0.766. The van der Waals surface area contributed by atoms with Crippen LogP contribution in [0.2, 0.25) is 0 Å². The maximum atomic E-state index is 6.80. The Bertz CT molecular complexity index is 686. The minimum absolute atomic E-state index is 0.675. The summed E-state index contributed by atoms with van der Waals surface area (Å²) in [7, 11) is 0. The van der Waals surface area contributed by atoms with E-state index in [0.717, 1.165) is 59.2 Å². The van der Waals surface area contributed by atoms with Gasteiger partial charge in [-0.15, -0.1) is 0 Å². The average Bonchev–Trinajstić information content (AvgIpc) is 3.01. The summed E-state index contributed by atoms with van der Waals surface area (Å²) in [5.74, 6) is 10.7. The molecule has 0 bridgehead atoms. The highest BCUT2D eigenvalue weighted by atomic mass is 16.5. The molecule has 0 amide bonds. The second kappa shape index (κ2) is 2.87. The highest BCUT2D eigenvalue weighted by molar-refractivity contribution is 5.40. The van der Waals surface area contributed by atoms with Crippen LogP contribution in [0, 0.1) is 70.0 Å². The minimum atomic E-state index is 0.675. The van der Waals surface area contributed by atoms with Crippen LogP contribution in [0.4, 0.5) is 0 Å². The first-order chi connectivity index (χ1) is 11.9. The topological polar surface area (TPSA) is 18.5 Å². The average molecular weight is 322 g/mol. The zero-order valence-corrected chi connectivity index (χ0v) is 14.1. The van der Waals surface area contributed by atoms with Gasteiger partial charge in [0.15, 0.2) is 0 Å². The van der Waals surface area contributed by atoms with Gasteiger partial charge in [-0.25, -0.2) is 0 Å². The summed E-state index contributed by atoms with van der Waals surface area (Å²) in [4.78, 5) is 0. The van der Waals surface area contributed by atoms with Gasteiger partial charge in [0.2, 0.25) is 0 Å². The Balaban J connectivity index is 1.32. The van der Waals surface area contributed by atoms with Gasteiger partial charge in [-0.3, -0.25) is 0 Å². The van der Waals surface area contributed by atoms with Crippen molar-refractivity contribution in [2.45, 2.75) is 62.9 Å². The normalized spacial score (nSPS) is 87.0. The Kier molecular flexibility index (Phi) is 1.39. The molecule has 2 aliphatic heterocycles. The van der Waals surface area contributed by atoms with E-state index in [9.17, 15) is 0 Å². The van der Waals surface area contributed by atoms with Crippen LogP contribution in [0.1, 0.15) is 38.5 Å². The molecule has 16 unspecified atom stereocenters. The van der Waals surface area contributed by atoms with Crippen LogP contribution in [0.15, 0.2) is 0 Å². The van der Waals surface area contributed by atoms with E-state index in [0.29, 0.717) is 35.2 Å². The molecule has 16 atom stereocenters. The Morgan fingerprint density at radius 2 is 1.04 bits per heavy atom. The lowest BCUT2D eigenvalue weighted by molar-refractivity contribution is -0.100. The molecule has 0 aromatic carbocycles. The van der Waals surface area contributed by atoms with Crippen molar-refractivity contribution >= 4 is 0 Å². The Morgan fingerprint density at radius 1 is 0.542 bits per heavy atom. The molecular weight excluding hydrogens is 296 g/mol. The zero-order valence-electron chi connectivity index (χ0n) is 14.1. The molecule has 0 N–H and O–H groups in total. The lowest BCUT2D eigenvalue weighted by Crippen LogP contribution is -2.43. The quantitative estimate of drug-likeness (QED) is 0.682. The van der Waals surface area contributed by atoms with Crippen LogP contribution in [0.3, 0.4) is 0 Å². The van der Waals surface area contributed by atoms with Gasteiger partial charge in [0.25, 0.3) is 0 Å². The van der Waals surface area contributed by atoms with Gasteiger partial charge in [0.05, 0.1) is 24.4 Å². The molecule has 8 aliphatic carbocycles. The van der Waals surface area contributed by atoms with Gasteiger partial charge < -0.3 is 9.47 Å². The first kappa shape index (κ1) is 11.6. The fourth-order valence-electron chi connectivity index (χ4n) is 12.8. The summed E-state index contributed by atoms with van der Waals surface area (Å²) in [5, 5.41) is 0. The number of rotatable bonds is 0. The van der Waals surface area contributed by atoms with Crippen LogP contribution in [0.5, 0.6) is 0 Å². The lowest BCUT2D eigenvalue weighted by Gasteiger charge is -2.42. The predicted octanol–water partition coefficient (Wildman–Crippen LogP) is 3.11. The Labute approximate surface area is 143 Å². The molecule has 8 saturated carbocycles. The van der Waals surface area contributed by atoms with Crippen LogP contribution in [-0.2, 0) is 9.47 Å². The van der Waals surface area contributed by atoms with E-state index in [-0.39, 0.29) is 0 Å². The number of hydrogen-bond donors (Lipinski definition) is 0. The fourth-order valence-corrected chi connectivity index (χ4v) is 12.8. The van der Waals surface area contributed by atoms with E-state index in [1.807, 2.05) is 0 Å². The summed E-state index contributed by atoms with van der Waals surface area (Å²) in [6, 6.07) is 0. The van der Waals surface area contributed by atoms with Crippen LogP contribution < -0.4 is 0 Å². The van der Waals surface area contributed by atoms with Crippen molar-refractivity contribution < 1.29 is 9.47 Å². The molecule has 2 heteroatoms. The van der Waals surface area contributed by atoms with Gasteiger partial charge >= 0.3 is 0 Å². The third-order valence-corrected chi connectivity index (χ3v) is 12.4. The highest BCUT2D eigenvalue weighted by Crippen LogP contribution is 2.94. The molecule has 126 valence electrons. The van der Waals surface area contributed by atoms with Crippen molar-refractivity contribution in [3.63, 3.8) is 0 Å². The second-order valence-corrected chi connectivity index (χ2v) is 11.9. The van der Waals surface area contributed by atoms with Gasteiger partial charge in [-0.2, -0.15) is 0 Å². The molecule has 2 heterocycles. The van der Waals surface area contributed by atoms with Crippen LogP contribution >= 0.6 is 0 Å². The smallest absolute Gasteiger partial charge is 0.0648 e. The lowest BCUT2D eigenvalue weighted by atomic mass is 9.68. The summed E-state index contributed by atoms with van der Waals surface area (Å²) in [6.07, 6.45) is 11.5. The van der Waals surface area contributed by atoms with Gasteiger partial charge in [0, 0.05) is 10.8 Å². The van der Waals surface area contributed by atoms with Gasteiger partial charge in [-0.1, -0.05) is 0 Å². The molecule has 2 saturated heterocycles. The molecule has 10 aliphatic rings. The molecule has 10 rings (SSSR count). The molecular formula is C22H26O2. The molecule has 10 fully saturated rings. The Morgan fingerprint density at radius 3 is 1.54 bits per heavy atom. The van der Waals surface area contributed by atoms with Gasteiger partial charge in [0.1, 0.15) is 0 Å². The summed E-state index contributed by atoms with van der Waals surface area (Å²) >= 11 is 0. The van der Waals surface area contributed by atoms with E-state index in [2.05, 4.69) is 0 Å². The molecule has 2 nitrogen and oxygen atoms in total. The molecule has 0 aromatic heterocycles. The van der Waals surface area contributed by atoms with E-state index in [4.69, 9.17) is 9.47 Å². The van der Waals surface area contributed by atoms with E-state index < -0.39 is 0 Å². The third-order valence-electron chi connectivity index (χ3n) is 12.4. The van der Waals surface area contributed by atoms with E-state index in [1.54, 1.807) is 0 Å². The van der Waals surface area contributed by atoms with E-state index in [1.165, 1.54) is 38.5 Å². The van der Waals surface area contributed by atoms with Crippen molar-refractivity contribution in [2.24, 2.45) is 70.0 Å². The van der Waals surface area contributed by atoms with Crippen molar-refractivity contribution in [1.29, 1.82) is 0 Å². The monoisotopic (exact) mass is 322 g/mol. The number of fused-ring (bicyclic) bond motifs is 2. The SMILES string of the molecule is C1CC2C3C1OC1CC14C1C5CCC6OC7CC78C2C(C1C8C65)C34. The summed E-state index contributed by atoms with van der Waals surface area (Å²) in [6.45, 7) is 0. The van der Waals surface area contributed by atoms with Crippen molar-refractivity contribution in [3.8, 4) is 0 Å². The largest absolute Gasteiger partial charge is 0.374 e. The molecule has 2 spiro atoms.